The van der Waals surface area contributed by atoms with Crippen LogP contribution in [0.3, 0.4) is 0 Å². The van der Waals surface area contributed by atoms with E-state index < -0.39 is 0 Å². The Kier molecular flexibility index (Phi) is 4.20. The number of rotatable bonds is 4. The van der Waals surface area contributed by atoms with Gasteiger partial charge in [0.15, 0.2) is 0 Å². The molecule has 0 aliphatic carbocycles. The first-order chi connectivity index (χ1) is 10.8. The summed E-state index contributed by atoms with van der Waals surface area (Å²) in [5, 5.41) is 0. The van der Waals surface area contributed by atoms with Gasteiger partial charge < -0.3 is 0 Å². The molecule has 0 fully saturated rings. The summed E-state index contributed by atoms with van der Waals surface area (Å²) in [5.41, 5.74) is 6.16. The van der Waals surface area contributed by atoms with Crippen molar-refractivity contribution in [2.75, 3.05) is 0 Å². The lowest BCUT2D eigenvalue weighted by Gasteiger charge is -2.21. The van der Waals surface area contributed by atoms with Crippen LogP contribution in [0.4, 0.5) is 0 Å². The lowest BCUT2D eigenvalue weighted by atomic mass is 9.82. The van der Waals surface area contributed by atoms with Gasteiger partial charge in [-0.2, -0.15) is 0 Å². The normalized spacial score (nSPS) is 10.6. The van der Waals surface area contributed by atoms with Crippen LogP contribution in [0, 0.1) is 6.92 Å². The van der Waals surface area contributed by atoms with Crippen LogP contribution in [0.5, 0.6) is 0 Å². The van der Waals surface area contributed by atoms with Gasteiger partial charge in [0.05, 0.1) is 0 Å². The minimum absolute atomic E-state index is 0.185. The van der Waals surface area contributed by atoms with E-state index in [2.05, 4.69) is 98.4 Å². The van der Waals surface area contributed by atoms with E-state index in [0.29, 0.717) is 0 Å². The molecule has 3 aromatic rings. The predicted molar refractivity (Wildman–Crippen MR) is 94.9 cm³/mol. The Morgan fingerprint density at radius 3 is 1.59 bits per heavy atom. The largest absolute Gasteiger partial charge is 0.0943 e. The zero-order valence-corrected chi connectivity index (χ0v) is 12.9. The Morgan fingerprint density at radius 2 is 1.14 bits per heavy atom. The molecule has 0 saturated heterocycles. The molecule has 0 saturated carbocycles. The van der Waals surface area contributed by atoms with E-state index in [1.807, 2.05) is 0 Å². The number of hydrogen-bond donors (Lipinski definition) is 0. The van der Waals surface area contributed by atoms with E-state index in [-0.39, 0.29) is 5.92 Å². The van der Waals surface area contributed by atoms with Gasteiger partial charge in [0.1, 0.15) is 0 Å². The molecular formula is C22H20. The van der Waals surface area contributed by atoms with Crippen molar-refractivity contribution >= 4 is 5.57 Å². The van der Waals surface area contributed by atoms with Gasteiger partial charge in [-0.25, -0.2) is 0 Å². The van der Waals surface area contributed by atoms with Gasteiger partial charge >= 0.3 is 0 Å². The molecule has 0 unspecified atom stereocenters. The third-order valence-electron chi connectivity index (χ3n) is 4.04. The highest BCUT2D eigenvalue weighted by Crippen LogP contribution is 2.36. The Hall–Kier alpha value is -2.60. The van der Waals surface area contributed by atoms with Gasteiger partial charge in [-0.1, -0.05) is 97.1 Å². The standard InChI is InChI=1S/C22H20/c1-17-13-15-19(16-14-17)18(2)22(20-9-5-3-6-10-20)21-11-7-4-8-12-21/h3-16,22H,2H2,1H3. The lowest BCUT2D eigenvalue weighted by Crippen LogP contribution is -2.03. The minimum Gasteiger partial charge on any atom is -0.0943 e. The maximum atomic E-state index is 4.41. The van der Waals surface area contributed by atoms with Crippen LogP contribution < -0.4 is 0 Å². The van der Waals surface area contributed by atoms with Gasteiger partial charge in [0.2, 0.25) is 0 Å². The predicted octanol–water partition coefficient (Wildman–Crippen LogP) is 5.84. The zero-order valence-electron chi connectivity index (χ0n) is 12.9. The number of benzene rings is 3. The van der Waals surface area contributed by atoms with E-state index in [1.165, 1.54) is 22.3 Å². The molecular weight excluding hydrogens is 264 g/mol. The Labute approximate surface area is 132 Å². The monoisotopic (exact) mass is 284 g/mol. The molecule has 108 valence electrons. The molecule has 0 heteroatoms. The SMILES string of the molecule is C=C(c1ccc(C)cc1)C(c1ccccc1)c1ccccc1. The maximum Gasteiger partial charge on any atom is 0.0340 e. The molecule has 0 radical (unpaired) electrons. The summed E-state index contributed by atoms with van der Waals surface area (Å²) in [5.74, 6) is 0.185. The molecule has 0 atom stereocenters. The number of allylic oxidation sites excluding steroid dienone is 1. The quantitative estimate of drug-likeness (QED) is 0.564. The van der Waals surface area contributed by atoms with E-state index in [9.17, 15) is 0 Å². The third kappa shape index (κ3) is 3.01. The molecule has 0 aliphatic rings. The van der Waals surface area contributed by atoms with Gasteiger partial charge in [-0.05, 0) is 29.2 Å². The van der Waals surface area contributed by atoms with Crippen LogP contribution in [-0.4, -0.2) is 0 Å². The summed E-state index contributed by atoms with van der Waals surface area (Å²) in [7, 11) is 0. The van der Waals surface area contributed by atoms with Crippen LogP contribution in [0.2, 0.25) is 0 Å². The lowest BCUT2D eigenvalue weighted by molar-refractivity contribution is 1.05. The minimum atomic E-state index is 0.185. The number of aryl methyl sites for hydroxylation is 1. The summed E-state index contributed by atoms with van der Waals surface area (Å²) in [6, 6.07) is 29.8. The van der Waals surface area contributed by atoms with Crippen molar-refractivity contribution in [3.05, 3.63) is 114 Å². The van der Waals surface area contributed by atoms with Gasteiger partial charge in [-0.3, -0.25) is 0 Å². The molecule has 0 aromatic heterocycles. The summed E-state index contributed by atoms with van der Waals surface area (Å²) in [6.45, 7) is 6.52. The first kappa shape index (κ1) is 14.3. The summed E-state index contributed by atoms with van der Waals surface area (Å²) in [4.78, 5) is 0. The molecule has 0 bridgehead atoms. The van der Waals surface area contributed by atoms with Crippen molar-refractivity contribution in [3.63, 3.8) is 0 Å². The Balaban J connectivity index is 2.06. The van der Waals surface area contributed by atoms with E-state index in [0.717, 1.165) is 5.57 Å². The van der Waals surface area contributed by atoms with Crippen LogP contribution in [0.15, 0.2) is 91.5 Å². The van der Waals surface area contributed by atoms with Crippen LogP contribution in [0.25, 0.3) is 5.57 Å². The van der Waals surface area contributed by atoms with Crippen molar-refractivity contribution in [3.8, 4) is 0 Å². The molecule has 0 N–H and O–H groups in total. The molecule has 0 aliphatic heterocycles. The fourth-order valence-electron chi connectivity index (χ4n) is 2.82. The molecule has 0 amide bonds. The van der Waals surface area contributed by atoms with Crippen molar-refractivity contribution in [1.82, 2.24) is 0 Å². The van der Waals surface area contributed by atoms with Gasteiger partial charge in [-0.15, -0.1) is 0 Å². The molecule has 0 nitrogen and oxygen atoms in total. The van der Waals surface area contributed by atoms with Crippen LogP contribution in [0.1, 0.15) is 28.2 Å². The number of hydrogen-bond acceptors (Lipinski definition) is 0. The van der Waals surface area contributed by atoms with Crippen molar-refractivity contribution in [2.24, 2.45) is 0 Å². The Morgan fingerprint density at radius 1 is 0.682 bits per heavy atom. The topological polar surface area (TPSA) is 0 Å². The second-order valence-corrected chi connectivity index (χ2v) is 5.65. The second kappa shape index (κ2) is 6.44. The van der Waals surface area contributed by atoms with Crippen molar-refractivity contribution < 1.29 is 0 Å². The maximum absolute atomic E-state index is 4.41. The van der Waals surface area contributed by atoms with Crippen molar-refractivity contribution in [2.45, 2.75) is 12.8 Å². The van der Waals surface area contributed by atoms with Crippen LogP contribution in [-0.2, 0) is 0 Å². The van der Waals surface area contributed by atoms with Crippen molar-refractivity contribution in [1.29, 1.82) is 0 Å². The molecule has 0 heterocycles. The Bertz CT molecular complexity index is 698. The fraction of sp³-hybridized carbons (Fsp3) is 0.0909. The molecule has 22 heavy (non-hydrogen) atoms. The molecule has 3 aromatic carbocycles. The van der Waals surface area contributed by atoms with E-state index >= 15 is 0 Å². The molecule has 3 rings (SSSR count). The highest BCUT2D eigenvalue weighted by atomic mass is 14.2. The first-order valence-corrected chi connectivity index (χ1v) is 7.61. The highest BCUT2D eigenvalue weighted by Gasteiger charge is 2.18. The van der Waals surface area contributed by atoms with Gasteiger partial charge in [0, 0.05) is 5.92 Å². The summed E-state index contributed by atoms with van der Waals surface area (Å²) >= 11 is 0. The average molecular weight is 284 g/mol. The smallest absolute Gasteiger partial charge is 0.0340 e. The fourth-order valence-corrected chi connectivity index (χ4v) is 2.82. The zero-order chi connectivity index (χ0) is 15.4. The van der Waals surface area contributed by atoms with Crippen LogP contribution >= 0.6 is 0 Å². The van der Waals surface area contributed by atoms with E-state index in [4.69, 9.17) is 0 Å². The average Bonchev–Trinajstić information content (AvgIpc) is 2.57. The summed E-state index contributed by atoms with van der Waals surface area (Å²) < 4.78 is 0. The first-order valence-electron chi connectivity index (χ1n) is 7.61. The van der Waals surface area contributed by atoms with Gasteiger partial charge in [0.25, 0.3) is 0 Å². The summed E-state index contributed by atoms with van der Waals surface area (Å²) in [6.07, 6.45) is 0. The third-order valence-corrected chi connectivity index (χ3v) is 4.04. The van der Waals surface area contributed by atoms with E-state index in [1.54, 1.807) is 0 Å². The molecule has 0 spiro atoms. The second-order valence-electron chi connectivity index (χ2n) is 5.65. The highest BCUT2D eigenvalue weighted by molar-refractivity contribution is 5.73.